The quantitative estimate of drug-likeness (QED) is 0.258. The maximum Gasteiger partial charge on any atom is 0.475 e. The van der Waals surface area contributed by atoms with Crippen LogP contribution in [0.4, 0.5) is 0 Å². The second-order valence-corrected chi connectivity index (χ2v) is 14.2. The summed E-state index contributed by atoms with van der Waals surface area (Å²) in [6, 6.07) is 0. The van der Waals surface area contributed by atoms with Gasteiger partial charge in [-0.2, -0.15) is 0 Å². The van der Waals surface area contributed by atoms with Crippen LogP contribution in [-0.4, -0.2) is 48.7 Å². The van der Waals surface area contributed by atoms with Gasteiger partial charge in [0.25, 0.3) is 0 Å². The molecule has 188 valence electrons. The summed E-state index contributed by atoms with van der Waals surface area (Å²) >= 11 is 0. The average Bonchev–Trinajstić information content (AvgIpc) is 2.37. The van der Waals surface area contributed by atoms with Crippen molar-refractivity contribution in [3.8, 4) is 0 Å². The second kappa shape index (κ2) is 11.5. The van der Waals surface area contributed by atoms with Crippen LogP contribution in [0, 0.1) is 0 Å². The van der Waals surface area contributed by atoms with Crippen LogP contribution < -0.4 is 5.32 Å². The minimum atomic E-state index is -3.75. The van der Waals surface area contributed by atoms with Gasteiger partial charge in [-0.25, -0.2) is 9.13 Å². The van der Waals surface area contributed by atoms with E-state index in [4.69, 9.17) is 27.1 Å². The fraction of sp³-hybridized carbons (Fsp3) is 1.00. The molecule has 0 saturated heterocycles. The Morgan fingerprint density at radius 3 is 0.935 bits per heavy atom. The van der Waals surface area contributed by atoms with Gasteiger partial charge in [-0.15, -0.1) is 0 Å². The van der Waals surface area contributed by atoms with Gasteiger partial charge in [-0.3, -0.25) is 27.1 Å². The van der Waals surface area contributed by atoms with E-state index in [-0.39, 0.29) is 13.2 Å². The zero-order valence-electron chi connectivity index (χ0n) is 21.5. The Hall–Kier alpha value is 0.180. The zero-order chi connectivity index (χ0) is 24.8. The smallest absolute Gasteiger partial charge is 0.312 e. The van der Waals surface area contributed by atoms with Crippen molar-refractivity contribution < 1.29 is 36.3 Å². The van der Waals surface area contributed by atoms with Gasteiger partial charge in [0, 0.05) is 13.1 Å². The van der Waals surface area contributed by atoms with E-state index in [9.17, 15) is 9.13 Å². The molecule has 0 aromatic rings. The molecule has 0 amide bonds. The molecule has 0 radical (unpaired) electrons. The zero-order valence-corrected chi connectivity index (χ0v) is 23.3. The lowest BCUT2D eigenvalue weighted by molar-refractivity contribution is 0.00368. The molecule has 0 unspecified atom stereocenters. The fourth-order valence-electron chi connectivity index (χ4n) is 2.07. The Morgan fingerprint density at radius 1 is 0.516 bits per heavy atom. The van der Waals surface area contributed by atoms with Gasteiger partial charge in [0.05, 0.1) is 35.6 Å². The highest BCUT2D eigenvalue weighted by Gasteiger charge is 2.38. The van der Waals surface area contributed by atoms with Crippen LogP contribution in [0.25, 0.3) is 0 Å². The van der Waals surface area contributed by atoms with Gasteiger partial charge >= 0.3 is 15.6 Å². The minimum absolute atomic E-state index is 0.0953. The predicted octanol–water partition coefficient (Wildman–Crippen LogP) is 6.09. The topological polar surface area (TPSA) is 102 Å². The molecule has 0 rings (SSSR count). The molecule has 0 aromatic carbocycles. The lowest BCUT2D eigenvalue weighted by atomic mass is 10.2. The molecule has 0 atom stereocenters. The Labute approximate surface area is 189 Å². The van der Waals surface area contributed by atoms with E-state index < -0.39 is 38.0 Å². The maximum atomic E-state index is 12.9. The molecule has 9 nitrogen and oxygen atoms in total. The lowest BCUT2D eigenvalue weighted by Gasteiger charge is -2.31. The SMILES string of the molecule is CC(C)(C)OP(=O)(OCCNCCOP(=O)(OC(C)(C)C)OC(C)(C)C)OC(C)(C)C. The maximum absolute atomic E-state index is 12.9. The van der Waals surface area contributed by atoms with Crippen molar-refractivity contribution in [2.24, 2.45) is 0 Å². The number of rotatable bonds is 12. The van der Waals surface area contributed by atoms with Crippen molar-refractivity contribution >= 4 is 15.6 Å². The second-order valence-electron chi connectivity index (χ2n) is 11.1. The number of phosphoric ester groups is 2. The van der Waals surface area contributed by atoms with Crippen LogP contribution in [0.2, 0.25) is 0 Å². The van der Waals surface area contributed by atoms with Crippen LogP contribution in [0.15, 0.2) is 0 Å². The van der Waals surface area contributed by atoms with Crippen molar-refractivity contribution in [2.75, 3.05) is 26.3 Å². The summed E-state index contributed by atoms with van der Waals surface area (Å²) in [6.45, 7) is 22.3. The molecule has 31 heavy (non-hydrogen) atoms. The highest BCUT2D eigenvalue weighted by atomic mass is 31.2. The molecule has 0 aliphatic heterocycles. The molecule has 0 aliphatic carbocycles. The predicted molar refractivity (Wildman–Crippen MR) is 123 cm³/mol. The van der Waals surface area contributed by atoms with E-state index in [0.29, 0.717) is 13.1 Å². The molecule has 11 heteroatoms. The first-order valence-corrected chi connectivity index (χ1v) is 13.5. The first kappa shape index (κ1) is 31.2. The third-order valence-electron chi connectivity index (χ3n) is 2.60. The summed E-state index contributed by atoms with van der Waals surface area (Å²) < 4.78 is 59.0. The van der Waals surface area contributed by atoms with Crippen molar-refractivity contribution in [1.29, 1.82) is 0 Å². The molecule has 0 saturated carbocycles. The molecule has 0 aromatic heterocycles. The molecule has 0 bridgehead atoms. The third-order valence-corrected chi connectivity index (χ3v) is 6.68. The monoisotopic (exact) mass is 489 g/mol. The number of nitrogens with one attached hydrogen (secondary N) is 1. The Morgan fingerprint density at radius 2 is 0.742 bits per heavy atom. The van der Waals surface area contributed by atoms with Crippen LogP contribution in [0.1, 0.15) is 83.1 Å². The highest BCUT2D eigenvalue weighted by Crippen LogP contribution is 2.56. The summed E-state index contributed by atoms with van der Waals surface area (Å²) in [5.74, 6) is 0. The highest BCUT2D eigenvalue weighted by molar-refractivity contribution is 7.48. The summed E-state index contributed by atoms with van der Waals surface area (Å²) in [7, 11) is -7.49. The largest absolute Gasteiger partial charge is 0.475 e. The fourth-order valence-corrected chi connectivity index (χ4v) is 5.67. The Bertz CT molecular complexity index is 533. The summed E-state index contributed by atoms with van der Waals surface area (Å²) in [5.41, 5.74) is -2.76. The third kappa shape index (κ3) is 18.3. The Kier molecular flexibility index (Phi) is 11.6. The van der Waals surface area contributed by atoms with Gasteiger partial charge < -0.3 is 5.32 Å². The van der Waals surface area contributed by atoms with Crippen LogP contribution in [0.3, 0.4) is 0 Å². The number of phosphoric acid groups is 2. The Balaban J connectivity index is 4.61. The van der Waals surface area contributed by atoms with Crippen LogP contribution >= 0.6 is 15.6 Å². The van der Waals surface area contributed by atoms with Gasteiger partial charge in [0.1, 0.15) is 0 Å². The normalized spacial score (nSPS) is 14.8. The number of hydrogen-bond donors (Lipinski definition) is 1. The molecule has 0 aliphatic rings. The summed E-state index contributed by atoms with van der Waals surface area (Å²) in [5, 5.41) is 3.07. The average molecular weight is 490 g/mol. The molecular weight excluding hydrogens is 444 g/mol. The van der Waals surface area contributed by atoms with Gasteiger partial charge in [0.15, 0.2) is 0 Å². The van der Waals surface area contributed by atoms with Crippen molar-refractivity contribution in [2.45, 2.75) is 105 Å². The van der Waals surface area contributed by atoms with E-state index in [1.54, 1.807) is 83.1 Å². The molecule has 1 N–H and O–H groups in total. The van der Waals surface area contributed by atoms with E-state index in [0.717, 1.165) is 0 Å². The molecule has 0 spiro atoms. The van der Waals surface area contributed by atoms with E-state index >= 15 is 0 Å². The summed E-state index contributed by atoms with van der Waals surface area (Å²) in [6.07, 6.45) is 0. The van der Waals surface area contributed by atoms with E-state index in [1.807, 2.05) is 0 Å². The standard InChI is InChI=1S/C20H45NO8P2/c1-17(2,3)26-30(22,27-18(4,5)6)24-15-13-21-14-16-25-31(23,28-19(7,8)9)29-20(10,11)12/h21H,13-16H2,1-12H3. The first-order chi connectivity index (χ1) is 13.5. The molecule has 0 fully saturated rings. The first-order valence-electron chi connectivity index (χ1n) is 10.6. The van der Waals surface area contributed by atoms with Gasteiger partial charge in [0.2, 0.25) is 0 Å². The van der Waals surface area contributed by atoms with E-state index in [1.165, 1.54) is 0 Å². The van der Waals surface area contributed by atoms with E-state index in [2.05, 4.69) is 5.32 Å². The lowest BCUT2D eigenvalue weighted by Crippen LogP contribution is -2.28. The van der Waals surface area contributed by atoms with Crippen molar-refractivity contribution in [1.82, 2.24) is 5.32 Å². The van der Waals surface area contributed by atoms with Crippen molar-refractivity contribution in [3.63, 3.8) is 0 Å². The molecule has 0 heterocycles. The summed E-state index contributed by atoms with van der Waals surface area (Å²) in [4.78, 5) is 0. The number of hydrogen-bond acceptors (Lipinski definition) is 9. The van der Waals surface area contributed by atoms with Crippen LogP contribution in [0.5, 0.6) is 0 Å². The van der Waals surface area contributed by atoms with Crippen molar-refractivity contribution in [3.05, 3.63) is 0 Å². The van der Waals surface area contributed by atoms with Crippen LogP contribution in [-0.2, 0) is 36.3 Å². The minimum Gasteiger partial charge on any atom is -0.312 e. The van der Waals surface area contributed by atoms with Gasteiger partial charge in [-0.1, -0.05) is 0 Å². The molecular formula is C20H45NO8P2. The van der Waals surface area contributed by atoms with Gasteiger partial charge in [-0.05, 0) is 83.1 Å².